The molecule has 0 saturated heterocycles. The van der Waals surface area contributed by atoms with Crippen LogP contribution < -0.4 is 5.14 Å². The van der Waals surface area contributed by atoms with Gasteiger partial charge in [0.25, 0.3) is 10.2 Å². The Morgan fingerprint density at radius 1 is 1.69 bits per heavy atom. The minimum Gasteiger partial charge on any atom is -0.380 e. The molecule has 13 heavy (non-hydrogen) atoms. The van der Waals surface area contributed by atoms with Crippen molar-refractivity contribution in [2.75, 3.05) is 26.8 Å². The van der Waals surface area contributed by atoms with Gasteiger partial charge in [-0.25, -0.2) is 5.14 Å². The predicted molar refractivity (Wildman–Crippen MR) is 49.3 cm³/mol. The maximum atomic E-state index is 10.9. The Morgan fingerprint density at radius 2 is 2.38 bits per heavy atom. The molecule has 0 saturated carbocycles. The van der Waals surface area contributed by atoms with E-state index in [1.807, 2.05) is 6.08 Å². The third-order valence-corrected chi connectivity index (χ3v) is 3.01. The van der Waals surface area contributed by atoms with Crippen molar-refractivity contribution in [3.05, 3.63) is 11.6 Å². The van der Waals surface area contributed by atoms with Gasteiger partial charge in [0.05, 0.1) is 6.61 Å². The van der Waals surface area contributed by atoms with Crippen LogP contribution in [0.4, 0.5) is 0 Å². The van der Waals surface area contributed by atoms with Crippen LogP contribution >= 0.6 is 0 Å². The molecule has 0 atom stereocenters. The highest BCUT2D eigenvalue weighted by Crippen LogP contribution is 2.11. The van der Waals surface area contributed by atoms with Gasteiger partial charge < -0.3 is 4.74 Å². The molecule has 0 aromatic heterocycles. The van der Waals surface area contributed by atoms with Crippen molar-refractivity contribution >= 4 is 10.2 Å². The van der Waals surface area contributed by atoms with E-state index < -0.39 is 10.2 Å². The summed E-state index contributed by atoms with van der Waals surface area (Å²) in [7, 11) is -1.90. The zero-order valence-electron chi connectivity index (χ0n) is 7.56. The lowest BCUT2D eigenvalue weighted by atomic mass is 10.1. The summed E-state index contributed by atoms with van der Waals surface area (Å²) in [4.78, 5) is 0. The lowest BCUT2D eigenvalue weighted by molar-refractivity contribution is 0.219. The third kappa shape index (κ3) is 3.07. The van der Waals surface area contributed by atoms with Crippen molar-refractivity contribution in [1.82, 2.24) is 4.31 Å². The summed E-state index contributed by atoms with van der Waals surface area (Å²) < 4.78 is 28.0. The van der Waals surface area contributed by atoms with Crippen LogP contribution in [0.15, 0.2) is 11.6 Å². The summed E-state index contributed by atoms with van der Waals surface area (Å²) in [5, 5.41) is 4.97. The second kappa shape index (κ2) is 4.19. The molecule has 0 amide bonds. The second-order valence-corrected chi connectivity index (χ2v) is 4.49. The summed E-state index contributed by atoms with van der Waals surface area (Å²) in [5.74, 6) is 0. The molecule has 1 aliphatic rings. The fourth-order valence-electron chi connectivity index (χ4n) is 1.24. The normalized spacial score (nSPS) is 20.0. The van der Waals surface area contributed by atoms with Crippen molar-refractivity contribution in [3.8, 4) is 0 Å². The summed E-state index contributed by atoms with van der Waals surface area (Å²) in [6.45, 7) is 1.38. The third-order valence-electron chi connectivity index (χ3n) is 1.96. The molecule has 0 fully saturated rings. The largest absolute Gasteiger partial charge is 0.380 e. The molecule has 0 unspecified atom stereocenters. The SMILES string of the molecule is COCC1=CCN(S(N)(=O)=O)CC1. The number of hydrogen-bond acceptors (Lipinski definition) is 3. The Balaban J connectivity index is 2.56. The first-order chi connectivity index (χ1) is 6.04. The van der Waals surface area contributed by atoms with E-state index in [0.717, 1.165) is 5.57 Å². The number of nitrogens with zero attached hydrogens (tertiary/aromatic N) is 1. The number of rotatable bonds is 3. The first-order valence-corrected chi connectivity index (χ1v) is 5.49. The highest BCUT2D eigenvalue weighted by atomic mass is 32.2. The van der Waals surface area contributed by atoms with Crippen LogP contribution in [0.5, 0.6) is 0 Å². The molecule has 2 N–H and O–H groups in total. The second-order valence-electron chi connectivity index (χ2n) is 2.95. The molecule has 1 rings (SSSR count). The molecular weight excluding hydrogens is 192 g/mol. The van der Waals surface area contributed by atoms with Gasteiger partial charge in [0.2, 0.25) is 0 Å². The number of hydrogen-bond donors (Lipinski definition) is 1. The van der Waals surface area contributed by atoms with Gasteiger partial charge in [0.15, 0.2) is 0 Å². The molecule has 6 heteroatoms. The average Bonchev–Trinajstić information content (AvgIpc) is 2.04. The fourth-order valence-corrected chi connectivity index (χ4v) is 1.87. The molecule has 0 aromatic carbocycles. The number of ether oxygens (including phenoxy) is 1. The first kappa shape index (κ1) is 10.6. The minimum atomic E-state index is -3.52. The molecule has 1 heterocycles. The minimum absolute atomic E-state index is 0.359. The van der Waals surface area contributed by atoms with Crippen LogP contribution in [0.1, 0.15) is 6.42 Å². The maximum absolute atomic E-state index is 10.9. The van der Waals surface area contributed by atoms with Crippen LogP contribution in [0.25, 0.3) is 0 Å². The van der Waals surface area contributed by atoms with Crippen LogP contribution in [0.2, 0.25) is 0 Å². The van der Waals surface area contributed by atoms with Gasteiger partial charge in [-0.15, -0.1) is 0 Å². The van der Waals surface area contributed by atoms with Gasteiger partial charge in [-0.1, -0.05) is 6.08 Å². The van der Waals surface area contributed by atoms with E-state index in [1.165, 1.54) is 4.31 Å². The Hall–Kier alpha value is -0.430. The molecule has 76 valence electrons. The average molecular weight is 206 g/mol. The molecule has 0 bridgehead atoms. The van der Waals surface area contributed by atoms with E-state index in [0.29, 0.717) is 26.1 Å². The highest BCUT2D eigenvalue weighted by molar-refractivity contribution is 7.86. The van der Waals surface area contributed by atoms with E-state index >= 15 is 0 Å². The lowest BCUT2D eigenvalue weighted by Gasteiger charge is -2.23. The summed E-state index contributed by atoms with van der Waals surface area (Å²) in [6, 6.07) is 0. The zero-order valence-corrected chi connectivity index (χ0v) is 8.38. The summed E-state index contributed by atoms with van der Waals surface area (Å²) in [6.07, 6.45) is 2.54. The van der Waals surface area contributed by atoms with E-state index in [1.54, 1.807) is 7.11 Å². The van der Waals surface area contributed by atoms with Crippen LogP contribution in [-0.2, 0) is 14.9 Å². The van der Waals surface area contributed by atoms with Crippen molar-refractivity contribution in [1.29, 1.82) is 0 Å². The van der Waals surface area contributed by atoms with Gasteiger partial charge in [0.1, 0.15) is 0 Å². The summed E-state index contributed by atoms with van der Waals surface area (Å²) >= 11 is 0. The first-order valence-electron chi connectivity index (χ1n) is 3.99. The molecule has 1 aliphatic heterocycles. The van der Waals surface area contributed by atoms with Gasteiger partial charge >= 0.3 is 0 Å². The Labute approximate surface area is 78.3 Å². The quantitative estimate of drug-likeness (QED) is 0.631. The van der Waals surface area contributed by atoms with Crippen LogP contribution in [0, 0.1) is 0 Å². The molecular formula is C7H14N2O3S. The highest BCUT2D eigenvalue weighted by Gasteiger charge is 2.19. The fraction of sp³-hybridized carbons (Fsp3) is 0.714. The zero-order chi connectivity index (χ0) is 9.90. The molecule has 0 radical (unpaired) electrons. The Kier molecular flexibility index (Phi) is 3.43. The van der Waals surface area contributed by atoms with E-state index in [2.05, 4.69) is 0 Å². The van der Waals surface area contributed by atoms with Crippen LogP contribution in [-0.4, -0.2) is 39.5 Å². The van der Waals surface area contributed by atoms with E-state index in [-0.39, 0.29) is 0 Å². The number of methoxy groups -OCH3 is 1. The standard InChI is InChI=1S/C7H14N2O3S/c1-12-6-7-2-4-9(5-3-7)13(8,10)11/h2H,3-6H2,1H3,(H2,8,10,11). The van der Waals surface area contributed by atoms with Gasteiger partial charge in [-0.2, -0.15) is 12.7 Å². The van der Waals surface area contributed by atoms with Crippen LogP contribution in [0.3, 0.4) is 0 Å². The predicted octanol–water partition coefficient (Wildman–Crippen LogP) is -0.532. The maximum Gasteiger partial charge on any atom is 0.277 e. The van der Waals surface area contributed by atoms with Crippen molar-refractivity contribution in [2.24, 2.45) is 5.14 Å². The summed E-state index contributed by atoms with van der Waals surface area (Å²) in [5.41, 5.74) is 1.13. The smallest absolute Gasteiger partial charge is 0.277 e. The Bertz CT molecular complexity index is 297. The van der Waals surface area contributed by atoms with Gasteiger partial charge in [-0.05, 0) is 12.0 Å². The van der Waals surface area contributed by atoms with E-state index in [9.17, 15) is 8.42 Å². The molecule has 0 aromatic rings. The van der Waals surface area contributed by atoms with Crippen molar-refractivity contribution < 1.29 is 13.2 Å². The topological polar surface area (TPSA) is 72.6 Å². The van der Waals surface area contributed by atoms with Crippen molar-refractivity contribution in [2.45, 2.75) is 6.42 Å². The van der Waals surface area contributed by atoms with Crippen molar-refractivity contribution in [3.63, 3.8) is 0 Å². The molecule has 0 aliphatic carbocycles. The number of nitrogens with two attached hydrogens (primary N) is 1. The van der Waals surface area contributed by atoms with E-state index in [4.69, 9.17) is 9.88 Å². The Morgan fingerprint density at radius 3 is 2.77 bits per heavy atom. The molecule has 0 spiro atoms. The molecule has 5 nitrogen and oxygen atoms in total. The van der Waals surface area contributed by atoms with Gasteiger partial charge in [0, 0.05) is 20.2 Å². The van der Waals surface area contributed by atoms with Gasteiger partial charge in [-0.3, -0.25) is 0 Å². The monoisotopic (exact) mass is 206 g/mol. The lowest BCUT2D eigenvalue weighted by Crippen LogP contribution is -2.39.